The number of hydrogen-bond acceptors (Lipinski definition) is 7. The lowest BCUT2D eigenvalue weighted by molar-refractivity contribution is 0.0871. The summed E-state index contributed by atoms with van der Waals surface area (Å²) in [5, 5.41) is 9.86. The smallest absolute Gasteiger partial charge is 0.324 e. The molecule has 0 aliphatic carbocycles. The minimum Gasteiger partial charge on any atom is -0.467 e. The Morgan fingerprint density at radius 2 is 1.61 bits per heavy atom. The first kappa shape index (κ1) is 14.4. The molecule has 0 aromatic carbocycles. The number of aliphatic hydroxyl groups is 1. The van der Waals surface area contributed by atoms with Gasteiger partial charge in [-0.1, -0.05) is 0 Å². The topological polar surface area (TPSA) is 80.6 Å². The molecule has 0 bridgehead atoms. The second-order valence-electron chi connectivity index (χ2n) is 4.44. The zero-order chi connectivity index (χ0) is 13.8. The van der Waals surface area contributed by atoms with E-state index in [-0.39, 0.29) is 12.0 Å². The van der Waals surface area contributed by atoms with Crippen LogP contribution in [0.3, 0.4) is 0 Å². The third-order valence-electron chi connectivity index (χ3n) is 2.19. The van der Waals surface area contributed by atoms with Gasteiger partial charge in [0.05, 0.1) is 19.8 Å². The monoisotopic (exact) mass is 256 g/mol. The molecule has 0 radical (unpaired) electrons. The van der Waals surface area contributed by atoms with Gasteiger partial charge in [0.2, 0.25) is 5.95 Å². The van der Waals surface area contributed by atoms with Crippen LogP contribution in [-0.4, -0.2) is 53.0 Å². The SMILES string of the molecule is CCN(CC(C)(C)O)c1nc(OC)nc(OC)n1. The van der Waals surface area contributed by atoms with Gasteiger partial charge in [-0.25, -0.2) is 0 Å². The molecule has 1 rings (SSSR count). The van der Waals surface area contributed by atoms with Gasteiger partial charge >= 0.3 is 12.0 Å². The number of ether oxygens (including phenoxy) is 2. The lowest BCUT2D eigenvalue weighted by Crippen LogP contribution is -2.39. The maximum absolute atomic E-state index is 9.86. The second kappa shape index (κ2) is 5.81. The predicted octanol–water partition coefficient (Wildman–Crippen LogP) is 0.486. The highest BCUT2D eigenvalue weighted by molar-refractivity contribution is 5.32. The molecule has 0 fully saturated rings. The van der Waals surface area contributed by atoms with E-state index in [2.05, 4.69) is 15.0 Å². The first-order valence-corrected chi connectivity index (χ1v) is 5.71. The van der Waals surface area contributed by atoms with Crippen molar-refractivity contribution >= 4 is 5.95 Å². The Labute approximate surface area is 107 Å². The summed E-state index contributed by atoms with van der Waals surface area (Å²) in [5.74, 6) is 0.420. The highest BCUT2D eigenvalue weighted by Gasteiger charge is 2.21. The summed E-state index contributed by atoms with van der Waals surface area (Å²) in [7, 11) is 2.95. The molecule has 18 heavy (non-hydrogen) atoms. The number of aromatic nitrogens is 3. The van der Waals surface area contributed by atoms with E-state index in [1.165, 1.54) is 14.2 Å². The molecular formula is C11H20N4O3. The van der Waals surface area contributed by atoms with Crippen molar-refractivity contribution in [3.63, 3.8) is 0 Å². The van der Waals surface area contributed by atoms with Crippen LogP contribution >= 0.6 is 0 Å². The summed E-state index contributed by atoms with van der Waals surface area (Å²) >= 11 is 0. The van der Waals surface area contributed by atoms with E-state index in [4.69, 9.17) is 9.47 Å². The standard InChI is InChI=1S/C11H20N4O3/c1-6-15(7-11(2,3)16)8-12-9(17-4)14-10(13-8)18-5/h16H,6-7H2,1-5H3. The van der Waals surface area contributed by atoms with Crippen LogP contribution in [0.2, 0.25) is 0 Å². The highest BCUT2D eigenvalue weighted by Crippen LogP contribution is 2.17. The van der Waals surface area contributed by atoms with E-state index in [0.717, 1.165) is 0 Å². The Hall–Kier alpha value is -1.63. The van der Waals surface area contributed by atoms with Gasteiger partial charge in [0.25, 0.3) is 0 Å². The normalized spacial score (nSPS) is 11.2. The number of methoxy groups -OCH3 is 2. The zero-order valence-corrected chi connectivity index (χ0v) is 11.5. The largest absolute Gasteiger partial charge is 0.467 e. The molecular weight excluding hydrogens is 236 g/mol. The van der Waals surface area contributed by atoms with E-state index in [0.29, 0.717) is 19.0 Å². The predicted molar refractivity (Wildman–Crippen MR) is 67.1 cm³/mol. The van der Waals surface area contributed by atoms with Crippen LogP contribution in [0.4, 0.5) is 5.95 Å². The van der Waals surface area contributed by atoms with Crippen molar-refractivity contribution < 1.29 is 14.6 Å². The quantitative estimate of drug-likeness (QED) is 0.793. The van der Waals surface area contributed by atoms with Crippen molar-refractivity contribution in [3.05, 3.63) is 0 Å². The average molecular weight is 256 g/mol. The third kappa shape index (κ3) is 3.99. The molecule has 0 saturated heterocycles. The second-order valence-corrected chi connectivity index (χ2v) is 4.44. The molecule has 1 aromatic rings. The maximum Gasteiger partial charge on any atom is 0.324 e. The van der Waals surface area contributed by atoms with Crippen LogP contribution in [-0.2, 0) is 0 Å². The number of hydrogen-bond donors (Lipinski definition) is 1. The number of rotatable bonds is 6. The molecule has 102 valence electrons. The van der Waals surface area contributed by atoms with Gasteiger partial charge in [-0.15, -0.1) is 4.98 Å². The van der Waals surface area contributed by atoms with Crippen molar-refractivity contribution in [3.8, 4) is 12.0 Å². The highest BCUT2D eigenvalue weighted by atomic mass is 16.5. The molecule has 0 aliphatic heterocycles. The molecule has 0 atom stereocenters. The number of likely N-dealkylation sites (N-methyl/N-ethyl adjacent to an activating group) is 1. The van der Waals surface area contributed by atoms with Crippen LogP contribution in [0.1, 0.15) is 20.8 Å². The van der Waals surface area contributed by atoms with Crippen LogP contribution in [0.15, 0.2) is 0 Å². The Balaban J connectivity index is 3.04. The Morgan fingerprint density at radius 3 is 1.94 bits per heavy atom. The van der Waals surface area contributed by atoms with Gasteiger partial charge < -0.3 is 19.5 Å². The summed E-state index contributed by atoms with van der Waals surface area (Å²) in [5.41, 5.74) is -0.844. The van der Waals surface area contributed by atoms with Crippen molar-refractivity contribution in [1.29, 1.82) is 0 Å². The summed E-state index contributed by atoms with van der Waals surface area (Å²) in [6.07, 6.45) is 0. The molecule has 0 unspecified atom stereocenters. The van der Waals surface area contributed by atoms with E-state index >= 15 is 0 Å². The molecule has 0 amide bonds. The van der Waals surface area contributed by atoms with Crippen LogP contribution in [0.25, 0.3) is 0 Å². The third-order valence-corrected chi connectivity index (χ3v) is 2.19. The summed E-state index contributed by atoms with van der Waals surface area (Å²) in [6, 6.07) is 0.372. The zero-order valence-electron chi connectivity index (χ0n) is 11.5. The van der Waals surface area contributed by atoms with Crippen LogP contribution < -0.4 is 14.4 Å². The molecule has 1 aromatic heterocycles. The number of nitrogens with zero attached hydrogens (tertiary/aromatic N) is 4. The first-order chi connectivity index (χ1) is 8.39. The Bertz CT molecular complexity index is 370. The fourth-order valence-corrected chi connectivity index (χ4v) is 1.44. The van der Waals surface area contributed by atoms with E-state index in [1.54, 1.807) is 13.8 Å². The average Bonchev–Trinajstić information content (AvgIpc) is 2.34. The first-order valence-electron chi connectivity index (χ1n) is 5.71. The Morgan fingerprint density at radius 1 is 1.11 bits per heavy atom. The van der Waals surface area contributed by atoms with Crippen molar-refractivity contribution in [2.24, 2.45) is 0 Å². The lowest BCUT2D eigenvalue weighted by atomic mass is 10.1. The molecule has 0 aliphatic rings. The lowest BCUT2D eigenvalue weighted by Gasteiger charge is -2.28. The fourth-order valence-electron chi connectivity index (χ4n) is 1.44. The molecule has 7 heteroatoms. The summed E-state index contributed by atoms with van der Waals surface area (Å²) in [4.78, 5) is 14.0. The van der Waals surface area contributed by atoms with Gasteiger partial charge in [0.1, 0.15) is 0 Å². The van der Waals surface area contributed by atoms with Gasteiger partial charge in [-0.2, -0.15) is 9.97 Å². The molecule has 1 N–H and O–H groups in total. The van der Waals surface area contributed by atoms with E-state index in [9.17, 15) is 5.11 Å². The van der Waals surface area contributed by atoms with Gasteiger partial charge in [-0.05, 0) is 20.8 Å². The van der Waals surface area contributed by atoms with Crippen molar-refractivity contribution in [2.75, 3.05) is 32.2 Å². The van der Waals surface area contributed by atoms with E-state index in [1.807, 2.05) is 11.8 Å². The van der Waals surface area contributed by atoms with Gasteiger partial charge in [0, 0.05) is 13.1 Å². The molecule has 1 heterocycles. The van der Waals surface area contributed by atoms with Gasteiger partial charge in [-0.3, -0.25) is 0 Å². The van der Waals surface area contributed by atoms with Crippen molar-refractivity contribution in [1.82, 2.24) is 15.0 Å². The van der Waals surface area contributed by atoms with Crippen LogP contribution in [0.5, 0.6) is 12.0 Å². The molecule has 7 nitrogen and oxygen atoms in total. The summed E-state index contributed by atoms with van der Waals surface area (Å²) < 4.78 is 9.98. The molecule has 0 saturated carbocycles. The minimum absolute atomic E-state index is 0.186. The van der Waals surface area contributed by atoms with E-state index < -0.39 is 5.60 Å². The van der Waals surface area contributed by atoms with Crippen LogP contribution in [0, 0.1) is 0 Å². The fraction of sp³-hybridized carbons (Fsp3) is 0.727. The van der Waals surface area contributed by atoms with Crippen molar-refractivity contribution in [2.45, 2.75) is 26.4 Å². The molecule has 0 spiro atoms. The van der Waals surface area contributed by atoms with Gasteiger partial charge in [0.15, 0.2) is 0 Å². The minimum atomic E-state index is -0.844. The number of anilines is 1. The summed E-state index contributed by atoms with van der Waals surface area (Å²) in [6.45, 7) is 6.46. The Kier molecular flexibility index (Phi) is 4.66. The maximum atomic E-state index is 9.86.